The molecule has 2 rings (SSSR count). The number of nitrogens with zero attached hydrogens (tertiary/aromatic N) is 5. The molecule has 1 atom stereocenters. The summed E-state index contributed by atoms with van der Waals surface area (Å²) in [5.41, 5.74) is 1.20. The molecule has 0 saturated heterocycles. The molecule has 0 aliphatic heterocycles. The van der Waals surface area contributed by atoms with Crippen molar-refractivity contribution in [3.8, 4) is 0 Å². The van der Waals surface area contributed by atoms with Crippen LogP contribution >= 0.6 is 0 Å². The smallest absolute Gasteiger partial charge is 0.138 e. The van der Waals surface area contributed by atoms with E-state index in [4.69, 9.17) is 0 Å². The Morgan fingerprint density at radius 1 is 1.32 bits per heavy atom. The summed E-state index contributed by atoms with van der Waals surface area (Å²) in [4.78, 5) is 4.35. The van der Waals surface area contributed by atoms with Crippen molar-refractivity contribution in [2.24, 2.45) is 7.05 Å². The highest BCUT2D eigenvalue weighted by molar-refractivity contribution is 5.12. The molecular formula is C13H22N6. The second-order valence-electron chi connectivity index (χ2n) is 4.65. The molecule has 2 aromatic rings. The van der Waals surface area contributed by atoms with Crippen LogP contribution in [-0.2, 0) is 20.0 Å². The second kappa shape index (κ2) is 6.47. The van der Waals surface area contributed by atoms with Crippen molar-refractivity contribution < 1.29 is 0 Å². The second-order valence-corrected chi connectivity index (χ2v) is 4.65. The maximum Gasteiger partial charge on any atom is 0.138 e. The van der Waals surface area contributed by atoms with E-state index in [1.165, 1.54) is 5.56 Å². The first kappa shape index (κ1) is 13.7. The fourth-order valence-electron chi connectivity index (χ4n) is 2.14. The summed E-state index contributed by atoms with van der Waals surface area (Å²) in [5.74, 6) is 1.01. The Bertz CT molecular complexity index is 501. The number of hydrogen-bond donors (Lipinski definition) is 1. The van der Waals surface area contributed by atoms with Crippen LogP contribution in [0.5, 0.6) is 0 Å². The van der Waals surface area contributed by atoms with Crippen molar-refractivity contribution in [3.05, 3.63) is 30.1 Å². The highest BCUT2D eigenvalue weighted by atomic mass is 15.3. The summed E-state index contributed by atoms with van der Waals surface area (Å²) in [6.07, 6.45) is 7.54. The van der Waals surface area contributed by atoms with Crippen LogP contribution in [0.1, 0.15) is 37.7 Å². The van der Waals surface area contributed by atoms with Gasteiger partial charge in [0.15, 0.2) is 0 Å². The van der Waals surface area contributed by atoms with Crippen LogP contribution in [0.3, 0.4) is 0 Å². The zero-order chi connectivity index (χ0) is 13.7. The number of rotatable bonds is 7. The van der Waals surface area contributed by atoms with E-state index in [1.54, 1.807) is 6.33 Å². The predicted octanol–water partition coefficient (Wildman–Crippen LogP) is 1.31. The molecule has 0 amide bonds. The van der Waals surface area contributed by atoms with Gasteiger partial charge in [-0.25, -0.2) is 4.98 Å². The Morgan fingerprint density at radius 3 is 2.79 bits per heavy atom. The normalized spacial score (nSPS) is 12.8. The molecule has 19 heavy (non-hydrogen) atoms. The predicted molar refractivity (Wildman–Crippen MR) is 73.6 cm³/mol. The Balaban J connectivity index is 2.14. The summed E-state index contributed by atoms with van der Waals surface area (Å²) in [7, 11) is 1.94. The summed E-state index contributed by atoms with van der Waals surface area (Å²) < 4.78 is 3.78. The fraction of sp³-hybridized carbons (Fsp3) is 0.615. The van der Waals surface area contributed by atoms with E-state index in [2.05, 4.69) is 40.5 Å². The molecule has 0 aromatic carbocycles. The largest absolute Gasteiger partial charge is 0.309 e. The lowest BCUT2D eigenvalue weighted by Crippen LogP contribution is -2.25. The average molecular weight is 262 g/mol. The van der Waals surface area contributed by atoms with Gasteiger partial charge in [0.25, 0.3) is 0 Å². The van der Waals surface area contributed by atoms with Crippen LogP contribution < -0.4 is 5.32 Å². The molecule has 0 radical (unpaired) electrons. The van der Waals surface area contributed by atoms with Crippen LogP contribution in [0, 0.1) is 0 Å². The van der Waals surface area contributed by atoms with Gasteiger partial charge in [-0.15, -0.1) is 0 Å². The van der Waals surface area contributed by atoms with Crippen molar-refractivity contribution >= 4 is 0 Å². The summed E-state index contributed by atoms with van der Waals surface area (Å²) in [6, 6.07) is 0.239. The monoisotopic (exact) mass is 262 g/mol. The molecule has 2 heterocycles. The van der Waals surface area contributed by atoms with E-state index in [9.17, 15) is 0 Å². The molecule has 0 aliphatic rings. The molecule has 6 heteroatoms. The van der Waals surface area contributed by atoms with Gasteiger partial charge in [0.05, 0.1) is 6.20 Å². The highest BCUT2D eigenvalue weighted by Gasteiger charge is 2.16. The van der Waals surface area contributed by atoms with E-state index < -0.39 is 0 Å². The number of aromatic nitrogens is 5. The standard InChI is InChI=1S/C13H22N6/c1-4-6-14-12(11-8-16-18(3)9-11)7-13-15-10-17-19(13)5-2/h8-10,12,14H,4-7H2,1-3H3. The van der Waals surface area contributed by atoms with E-state index in [0.717, 1.165) is 31.8 Å². The van der Waals surface area contributed by atoms with Crippen LogP contribution in [0.15, 0.2) is 18.7 Å². The topological polar surface area (TPSA) is 60.6 Å². The molecule has 0 fully saturated rings. The molecule has 1 N–H and O–H groups in total. The third-order valence-electron chi connectivity index (χ3n) is 3.15. The Kier molecular flexibility index (Phi) is 4.68. The minimum atomic E-state index is 0.239. The molecule has 2 aromatic heterocycles. The first-order valence-electron chi connectivity index (χ1n) is 6.83. The SMILES string of the molecule is CCCNC(Cc1ncnn1CC)c1cnn(C)c1. The number of nitrogens with one attached hydrogen (secondary N) is 1. The van der Waals surface area contributed by atoms with Crippen molar-refractivity contribution in [1.29, 1.82) is 0 Å². The lowest BCUT2D eigenvalue weighted by molar-refractivity contribution is 0.496. The lowest BCUT2D eigenvalue weighted by atomic mass is 10.1. The molecule has 0 saturated carbocycles. The van der Waals surface area contributed by atoms with Crippen molar-refractivity contribution in [3.63, 3.8) is 0 Å². The van der Waals surface area contributed by atoms with E-state index in [-0.39, 0.29) is 6.04 Å². The minimum Gasteiger partial charge on any atom is -0.309 e. The summed E-state index contributed by atoms with van der Waals surface area (Å²) in [5, 5.41) is 12.0. The molecule has 0 bridgehead atoms. The van der Waals surface area contributed by atoms with Gasteiger partial charge in [-0.05, 0) is 19.9 Å². The third-order valence-corrected chi connectivity index (χ3v) is 3.15. The molecule has 0 spiro atoms. The maximum atomic E-state index is 4.35. The fourth-order valence-corrected chi connectivity index (χ4v) is 2.14. The molecule has 6 nitrogen and oxygen atoms in total. The first-order chi connectivity index (χ1) is 9.24. The van der Waals surface area contributed by atoms with Crippen LogP contribution in [0.25, 0.3) is 0 Å². The Hall–Kier alpha value is -1.69. The van der Waals surface area contributed by atoms with Gasteiger partial charge < -0.3 is 5.32 Å². The Labute approximate surface area is 113 Å². The molecule has 104 valence electrons. The van der Waals surface area contributed by atoms with E-state index >= 15 is 0 Å². The number of aryl methyl sites for hydroxylation is 2. The zero-order valence-corrected chi connectivity index (χ0v) is 11.9. The van der Waals surface area contributed by atoms with Crippen molar-refractivity contribution in [2.75, 3.05) is 6.54 Å². The summed E-state index contributed by atoms with van der Waals surface area (Å²) in [6.45, 7) is 6.08. The average Bonchev–Trinajstić information content (AvgIpc) is 3.02. The van der Waals surface area contributed by atoms with Gasteiger partial charge in [-0.3, -0.25) is 9.36 Å². The van der Waals surface area contributed by atoms with Crippen molar-refractivity contribution in [2.45, 2.75) is 39.3 Å². The van der Waals surface area contributed by atoms with Gasteiger partial charge in [-0.2, -0.15) is 10.2 Å². The van der Waals surface area contributed by atoms with Gasteiger partial charge >= 0.3 is 0 Å². The van der Waals surface area contributed by atoms with Crippen molar-refractivity contribution in [1.82, 2.24) is 29.9 Å². The maximum absolute atomic E-state index is 4.35. The number of hydrogen-bond acceptors (Lipinski definition) is 4. The highest BCUT2D eigenvalue weighted by Crippen LogP contribution is 2.16. The van der Waals surface area contributed by atoms with Gasteiger partial charge in [0.2, 0.25) is 0 Å². The first-order valence-corrected chi connectivity index (χ1v) is 6.83. The van der Waals surface area contributed by atoms with E-state index in [0.29, 0.717) is 0 Å². The minimum absolute atomic E-state index is 0.239. The van der Waals surface area contributed by atoms with Gasteiger partial charge in [-0.1, -0.05) is 6.92 Å². The lowest BCUT2D eigenvalue weighted by Gasteiger charge is -2.16. The van der Waals surface area contributed by atoms with Gasteiger partial charge in [0, 0.05) is 37.8 Å². The third kappa shape index (κ3) is 3.41. The Morgan fingerprint density at radius 2 is 2.16 bits per heavy atom. The molecule has 1 unspecified atom stereocenters. The molecular weight excluding hydrogens is 240 g/mol. The van der Waals surface area contributed by atoms with E-state index in [1.807, 2.05) is 22.6 Å². The van der Waals surface area contributed by atoms with Crippen LogP contribution in [-0.4, -0.2) is 31.1 Å². The molecule has 0 aliphatic carbocycles. The quantitative estimate of drug-likeness (QED) is 0.817. The van der Waals surface area contributed by atoms with Crippen LogP contribution in [0.2, 0.25) is 0 Å². The summed E-state index contributed by atoms with van der Waals surface area (Å²) >= 11 is 0. The van der Waals surface area contributed by atoms with Gasteiger partial charge in [0.1, 0.15) is 12.2 Å². The zero-order valence-electron chi connectivity index (χ0n) is 11.9. The van der Waals surface area contributed by atoms with Crippen LogP contribution in [0.4, 0.5) is 0 Å².